The fourth-order valence-electron chi connectivity index (χ4n) is 0.618. The second-order valence-corrected chi connectivity index (χ2v) is 5.04. The number of carbonyl (C=O) groups is 1. The van der Waals surface area contributed by atoms with Crippen molar-refractivity contribution in [1.29, 1.82) is 0 Å². The van der Waals surface area contributed by atoms with Gasteiger partial charge in [0.2, 0.25) is 0 Å². The van der Waals surface area contributed by atoms with Gasteiger partial charge >= 0.3 is 113 Å². The topological polar surface area (TPSA) is 291 Å². The van der Waals surface area contributed by atoms with Gasteiger partial charge in [-0.25, -0.2) is 0 Å². The van der Waals surface area contributed by atoms with Crippen molar-refractivity contribution in [2.75, 3.05) is 6.61 Å². The molecule has 0 amide bonds. The van der Waals surface area contributed by atoms with E-state index in [9.17, 15) is 4.79 Å². The Kier molecular flexibility index (Phi) is 37.7. The molecule has 0 saturated carbocycles. The van der Waals surface area contributed by atoms with Gasteiger partial charge in [0, 0.05) is 0 Å². The summed E-state index contributed by atoms with van der Waals surface area (Å²) in [5, 5.41) is 43.5. The summed E-state index contributed by atoms with van der Waals surface area (Å²) < 4.78 is 17.1. The Labute approximate surface area is 231 Å². The van der Waals surface area contributed by atoms with Crippen molar-refractivity contribution >= 4 is 135 Å². The largest absolute Gasteiger partial charge is 2.00 e. The predicted molar refractivity (Wildman–Crippen MR) is 69.7 cm³/mol. The first kappa shape index (κ1) is 42.5. The van der Waals surface area contributed by atoms with Crippen molar-refractivity contribution in [1.82, 2.24) is 0 Å². The Bertz CT molecular complexity index is 350. The van der Waals surface area contributed by atoms with Crippen LogP contribution >= 0.6 is 15.6 Å². The van der Waals surface area contributed by atoms with Crippen LogP contribution in [-0.2, 0) is 13.9 Å². The minimum atomic E-state index is -5.39. The van der Waals surface area contributed by atoms with Crippen LogP contribution in [0.4, 0.5) is 0 Å². The molecule has 25 heavy (non-hydrogen) atoms. The van der Waals surface area contributed by atoms with Crippen LogP contribution in [0.1, 0.15) is 0 Å². The van der Waals surface area contributed by atoms with Crippen LogP contribution in [0.3, 0.4) is 0 Å². The van der Waals surface area contributed by atoms with Gasteiger partial charge in [-0.2, -0.15) is 15.6 Å². The Balaban J connectivity index is -0.0000000592. The summed E-state index contributed by atoms with van der Waals surface area (Å²) in [6.45, 7) is -0.760. The maximum atomic E-state index is 9.90. The summed E-state index contributed by atoms with van der Waals surface area (Å²) in [5.41, 5.74) is 0. The van der Waals surface area contributed by atoms with Gasteiger partial charge in [-0.05, 0) is 0 Å². The van der Waals surface area contributed by atoms with E-state index in [-0.39, 0.29) is 120 Å². The number of hydrogen-bond donors (Lipinski definition) is 5. The van der Waals surface area contributed by atoms with Crippen molar-refractivity contribution < 1.29 is 68.8 Å². The summed E-state index contributed by atoms with van der Waals surface area (Å²) in [7, 11) is -10.8. The molecule has 0 aliphatic rings. The van der Waals surface area contributed by atoms with Crippen molar-refractivity contribution in [3.05, 3.63) is 0 Å². The van der Waals surface area contributed by atoms with Gasteiger partial charge in [0.1, 0.15) is 24.4 Å². The van der Waals surface area contributed by atoms with Crippen LogP contribution in [0.5, 0.6) is 0 Å². The third kappa shape index (κ3) is 47.0. The Morgan fingerprint density at radius 2 is 1.00 bits per heavy atom. The number of carbonyl (C=O) groups excluding carboxylic acids is 1. The zero-order valence-electron chi connectivity index (χ0n) is 12.5. The quantitative estimate of drug-likeness (QED) is 0.136. The Hall–Kier alpha value is 3.47. The van der Waals surface area contributed by atoms with Crippen LogP contribution in [0, 0.1) is 0 Å². The van der Waals surface area contributed by atoms with E-state index in [1.807, 2.05) is 0 Å². The molecule has 0 rings (SSSR count). The van der Waals surface area contributed by atoms with E-state index in [0.717, 1.165) is 0 Å². The number of aliphatic hydroxyl groups is 5. The van der Waals surface area contributed by atoms with E-state index in [4.69, 9.17) is 64.0 Å². The minimum absolute atomic E-state index is 0. The average Bonchev–Trinajstić information content (AvgIpc) is 2.30. The molecule has 4 unspecified atom stereocenters. The normalized spacial score (nSPS) is 14.8. The average molecular weight is 490 g/mol. The number of rotatable bonds is 5. The zero-order valence-corrected chi connectivity index (χ0v) is 20.9. The van der Waals surface area contributed by atoms with Gasteiger partial charge in [0.25, 0.3) is 0 Å². The molecule has 0 aliphatic heterocycles. The third-order valence-electron chi connectivity index (χ3n) is 1.42. The van der Waals surface area contributed by atoms with E-state index in [1.165, 1.54) is 0 Å². The third-order valence-corrected chi connectivity index (χ3v) is 1.42. The molecule has 0 aliphatic carbocycles. The number of phosphoric acid groups is 2. The van der Waals surface area contributed by atoms with E-state index in [2.05, 4.69) is 0 Å². The summed E-state index contributed by atoms with van der Waals surface area (Å²) >= 11 is 0. The number of hydrogen-bond acceptors (Lipinski definition) is 14. The van der Waals surface area contributed by atoms with E-state index >= 15 is 0 Å². The van der Waals surface area contributed by atoms with E-state index in [1.54, 1.807) is 0 Å². The molecule has 4 atom stereocenters. The van der Waals surface area contributed by atoms with E-state index < -0.39 is 46.7 Å². The first-order valence-corrected chi connectivity index (χ1v) is 7.71. The smallest absolute Gasteiger partial charge is 0.822 e. The fourth-order valence-corrected chi connectivity index (χ4v) is 0.618. The summed E-state index contributed by atoms with van der Waals surface area (Å²) in [4.78, 5) is 61.2. The molecule has 0 aromatic heterocycles. The standard InChI is InChI=1S/C6H12O6.3Ca.2H3O4P/c7-1-3(9)5(11)6(12)4(10)2-8;;;;2*1-5(2,3)4/h1,3-6,8-12H,2H2;;;;2*(H3,1,2,3,4)/q;3*+2;;/p-6. The first-order chi connectivity index (χ1) is 9.54. The van der Waals surface area contributed by atoms with Gasteiger partial charge in [-0.1, -0.05) is 0 Å². The molecule has 0 radical (unpaired) electrons. The molecule has 0 spiro atoms. The maximum Gasteiger partial charge on any atom is 2.00 e. The van der Waals surface area contributed by atoms with Crippen LogP contribution in [-0.4, -0.2) is 176 Å². The van der Waals surface area contributed by atoms with Crippen LogP contribution < -0.4 is 29.4 Å². The molecule has 0 aromatic carbocycles. The molecule has 14 nitrogen and oxygen atoms in total. The van der Waals surface area contributed by atoms with Crippen molar-refractivity contribution in [2.24, 2.45) is 0 Å². The maximum absolute atomic E-state index is 9.90. The van der Waals surface area contributed by atoms with Crippen LogP contribution in [0.2, 0.25) is 0 Å². The molecular weight excluding hydrogens is 478 g/mol. The van der Waals surface area contributed by atoms with E-state index in [0.29, 0.717) is 0 Å². The Morgan fingerprint density at radius 1 is 0.760 bits per heavy atom. The molecule has 136 valence electrons. The number of aldehydes is 1. The molecule has 0 aromatic rings. The predicted octanol–water partition coefficient (Wildman–Crippen LogP) is -10.2. The molecular formula is C6H12Ca3O14P2. The second-order valence-electron chi connectivity index (χ2n) is 3.25. The van der Waals surface area contributed by atoms with Gasteiger partial charge in [0.15, 0.2) is 6.29 Å². The van der Waals surface area contributed by atoms with Crippen molar-refractivity contribution in [3.63, 3.8) is 0 Å². The molecule has 0 heterocycles. The van der Waals surface area contributed by atoms with Gasteiger partial charge in [-0.3, -0.25) is 0 Å². The van der Waals surface area contributed by atoms with Crippen molar-refractivity contribution in [3.8, 4) is 0 Å². The minimum Gasteiger partial charge on any atom is -0.822 e. The summed E-state index contributed by atoms with van der Waals surface area (Å²) in [6.07, 6.45) is -6.84. The zero-order chi connectivity index (χ0) is 18.7. The van der Waals surface area contributed by atoms with Crippen LogP contribution in [0.25, 0.3) is 0 Å². The van der Waals surface area contributed by atoms with Gasteiger partial charge < -0.3 is 68.8 Å². The second kappa shape index (κ2) is 22.2. The first-order valence-electron chi connectivity index (χ1n) is 4.79. The summed E-state index contributed by atoms with van der Waals surface area (Å²) in [5.74, 6) is 0. The number of aliphatic hydroxyl groups excluding tert-OH is 5. The Morgan fingerprint density at radius 3 is 1.16 bits per heavy atom. The molecule has 0 bridgehead atoms. The van der Waals surface area contributed by atoms with Crippen LogP contribution in [0.15, 0.2) is 0 Å². The van der Waals surface area contributed by atoms with Gasteiger partial charge in [-0.15, -0.1) is 0 Å². The molecule has 19 heteroatoms. The molecule has 0 saturated heterocycles. The monoisotopic (exact) mass is 490 g/mol. The SMILES string of the molecule is O=CC(O)C(O)C(O)C(O)CO.O=P([O-])([O-])[O-].O=P([O-])([O-])[O-].[Ca+2].[Ca+2].[Ca+2]. The summed E-state index contributed by atoms with van der Waals surface area (Å²) in [6, 6.07) is 0. The molecule has 5 N–H and O–H groups in total. The molecule has 0 fully saturated rings. The van der Waals surface area contributed by atoms with Gasteiger partial charge in [0.05, 0.1) is 6.61 Å². The van der Waals surface area contributed by atoms with Crippen molar-refractivity contribution in [2.45, 2.75) is 24.4 Å². The fraction of sp³-hybridized carbons (Fsp3) is 0.833.